The monoisotopic (exact) mass is 291 g/mol. The van der Waals surface area contributed by atoms with Crippen LogP contribution in [0.4, 0.5) is 0 Å². The lowest BCUT2D eigenvalue weighted by atomic mass is 10.1. The zero-order chi connectivity index (χ0) is 14.4. The largest absolute Gasteiger partial charge is 0.468 e. The Morgan fingerprint density at radius 3 is 2.70 bits per heavy atom. The summed E-state index contributed by atoms with van der Waals surface area (Å²) < 4.78 is 10.4. The van der Waals surface area contributed by atoms with Crippen LogP contribution in [-0.2, 0) is 11.3 Å². The average molecular weight is 291 g/mol. The third kappa shape index (κ3) is 4.13. The highest BCUT2D eigenvalue weighted by molar-refractivity contribution is 7.99. The fourth-order valence-corrected chi connectivity index (χ4v) is 2.85. The molecular formula is C16H21NO2S. The molecule has 0 atom stereocenters. The first-order chi connectivity index (χ1) is 9.70. The van der Waals surface area contributed by atoms with Crippen LogP contribution in [-0.4, -0.2) is 20.3 Å². The molecule has 0 aliphatic carbocycles. The molecule has 1 heterocycles. The van der Waals surface area contributed by atoms with E-state index in [0.29, 0.717) is 0 Å². The van der Waals surface area contributed by atoms with E-state index < -0.39 is 0 Å². The molecule has 1 aromatic carbocycles. The molecule has 0 radical (unpaired) electrons. The first-order valence-electron chi connectivity index (χ1n) is 6.72. The van der Waals surface area contributed by atoms with Gasteiger partial charge >= 0.3 is 0 Å². The number of nitrogens with one attached hydrogen (secondary N) is 1. The van der Waals surface area contributed by atoms with E-state index in [-0.39, 0.29) is 0 Å². The normalized spacial score (nSPS) is 10.9. The van der Waals surface area contributed by atoms with Crippen molar-refractivity contribution in [3.05, 3.63) is 47.4 Å². The molecule has 2 rings (SSSR count). The summed E-state index contributed by atoms with van der Waals surface area (Å²) in [5.74, 6) is 0.972. The van der Waals surface area contributed by atoms with Crippen LogP contribution in [0.5, 0.6) is 0 Å². The minimum absolute atomic E-state index is 0.743. The van der Waals surface area contributed by atoms with Crippen LogP contribution in [0, 0.1) is 13.8 Å². The first-order valence-corrected chi connectivity index (χ1v) is 7.53. The molecule has 1 N–H and O–H groups in total. The van der Waals surface area contributed by atoms with Crippen LogP contribution < -0.4 is 5.32 Å². The lowest BCUT2D eigenvalue weighted by Gasteiger charge is -2.09. The Morgan fingerprint density at radius 2 is 2.05 bits per heavy atom. The van der Waals surface area contributed by atoms with Crippen molar-refractivity contribution in [2.75, 3.05) is 20.3 Å². The van der Waals surface area contributed by atoms with Gasteiger partial charge in [-0.25, -0.2) is 0 Å². The van der Waals surface area contributed by atoms with Crippen LogP contribution in [0.25, 0.3) is 0 Å². The fourth-order valence-electron chi connectivity index (χ4n) is 1.94. The van der Waals surface area contributed by atoms with Gasteiger partial charge in [-0.15, -0.1) is 0 Å². The second-order valence-corrected chi connectivity index (χ2v) is 5.80. The van der Waals surface area contributed by atoms with Crippen molar-refractivity contribution < 1.29 is 9.15 Å². The maximum Gasteiger partial charge on any atom is 0.114 e. The fraction of sp³-hybridized carbons (Fsp3) is 0.375. The number of rotatable bonds is 7. The Morgan fingerprint density at radius 1 is 1.20 bits per heavy atom. The molecule has 0 saturated carbocycles. The molecule has 1 aromatic heterocycles. The summed E-state index contributed by atoms with van der Waals surface area (Å²) in [5.41, 5.74) is 2.59. The Hall–Kier alpha value is -1.23. The van der Waals surface area contributed by atoms with Crippen LogP contribution >= 0.6 is 11.8 Å². The predicted molar refractivity (Wildman–Crippen MR) is 82.3 cm³/mol. The van der Waals surface area contributed by atoms with Crippen molar-refractivity contribution in [3.8, 4) is 0 Å². The SMILES string of the molecule is COCCNCc1ccc(Sc2ccoc2C)c(C)c1. The number of ether oxygens (including phenoxy) is 1. The van der Waals surface area contributed by atoms with E-state index in [0.717, 1.165) is 25.5 Å². The zero-order valence-corrected chi connectivity index (χ0v) is 13.0. The molecule has 3 nitrogen and oxygen atoms in total. The van der Waals surface area contributed by atoms with E-state index in [1.165, 1.54) is 20.9 Å². The summed E-state index contributed by atoms with van der Waals surface area (Å²) in [6, 6.07) is 8.60. The molecule has 0 saturated heterocycles. The van der Waals surface area contributed by atoms with E-state index in [1.807, 2.05) is 13.0 Å². The Bertz CT molecular complexity index is 551. The van der Waals surface area contributed by atoms with Crippen LogP contribution in [0.1, 0.15) is 16.9 Å². The maximum atomic E-state index is 5.33. The minimum Gasteiger partial charge on any atom is -0.468 e. The molecule has 0 aliphatic heterocycles. The molecule has 0 spiro atoms. The number of aryl methyl sites for hydroxylation is 2. The van der Waals surface area contributed by atoms with Gasteiger partial charge in [0.2, 0.25) is 0 Å². The van der Waals surface area contributed by atoms with Gasteiger partial charge in [-0.2, -0.15) is 0 Å². The highest BCUT2D eigenvalue weighted by Crippen LogP contribution is 2.33. The Balaban J connectivity index is 1.97. The number of hydrogen-bond acceptors (Lipinski definition) is 4. The van der Waals surface area contributed by atoms with Crippen molar-refractivity contribution in [2.45, 2.75) is 30.2 Å². The number of furan rings is 1. The summed E-state index contributed by atoms with van der Waals surface area (Å²) in [4.78, 5) is 2.45. The van der Waals surface area contributed by atoms with Gasteiger partial charge in [0.1, 0.15) is 5.76 Å². The van der Waals surface area contributed by atoms with Gasteiger partial charge in [0.05, 0.1) is 17.8 Å². The van der Waals surface area contributed by atoms with Crippen molar-refractivity contribution in [1.82, 2.24) is 5.32 Å². The molecule has 108 valence electrons. The Labute approximate surface area is 124 Å². The standard InChI is InChI=1S/C16H21NO2S/c1-12-10-14(11-17-7-9-18-3)4-5-15(12)20-16-6-8-19-13(16)2/h4-6,8,10,17H,7,9,11H2,1-3H3. The number of hydrogen-bond donors (Lipinski definition) is 1. The van der Waals surface area contributed by atoms with Gasteiger partial charge in [-0.05, 0) is 37.1 Å². The number of methoxy groups -OCH3 is 1. The Kier molecular flexibility index (Phi) is 5.71. The van der Waals surface area contributed by atoms with E-state index in [2.05, 4.69) is 30.4 Å². The highest BCUT2D eigenvalue weighted by Gasteiger charge is 2.06. The second kappa shape index (κ2) is 7.53. The van der Waals surface area contributed by atoms with Crippen LogP contribution in [0.3, 0.4) is 0 Å². The minimum atomic E-state index is 0.743. The van der Waals surface area contributed by atoms with Gasteiger partial charge in [-0.1, -0.05) is 23.9 Å². The van der Waals surface area contributed by atoms with Gasteiger partial charge < -0.3 is 14.5 Å². The number of benzene rings is 1. The van der Waals surface area contributed by atoms with E-state index >= 15 is 0 Å². The van der Waals surface area contributed by atoms with E-state index in [1.54, 1.807) is 25.1 Å². The lowest BCUT2D eigenvalue weighted by Crippen LogP contribution is -2.18. The molecule has 0 aliphatic rings. The summed E-state index contributed by atoms with van der Waals surface area (Å²) >= 11 is 1.75. The lowest BCUT2D eigenvalue weighted by molar-refractivity contribution is 0.199. The third-order valence-electron chi connectivity index (χ3n) is 3.08. The van der Waals surface area contributed by atoms with Crippen molar-refractivity contribution in [2.24, 2.45) is 0 Å². The molecule has 0 bridgehead atoms. The molecule has 0 unspecified atom stereocenters. The first kappa shape index (κ1) is 15.2. The molecule has 20 heavy (non-hydrogen) atoms. The summed E-state index contributed by atoms with van der Waals surface area (Å²) in [6.07, 6.45) is 1.74. The summed E-state index contributed by atoms with van der Waals surface area (Å²) in [5, 5.41) is 3.36. The molecule has 0 fully saturated rings. The summed E-state index contributed by atoms with van der Waals surface area (Å²) in [6.45, 7) is 6.63. The topological polar surface area (TPSA) is 34.4 Å². The molecule has 2 aromatic rings. The second-order valence-electron chi connectivity index (χ2n) is 4.71. The van der Waals surface area contributed by atoms with Crippen molar-refractivity contribution in [3.63, 3.8) is 0 Å². The highest BCUT2D eigenvalue weighted by atomic mass is 32.2. The van der Waals surface area contributed by atoms with Crippen LogP contribution in [0.2, 0.25) is 0 Å². The average Bonchev–Trinajstić information content (AvgIpc) is 2.83. The maximum absolute atomic E-state index is 5.33. The van der Waals surface area contributed by atoms with E-state index in [4.69, 9.17) is 9.15 Å². The van der Waals surface area contributed by atoms with Crippen molar-refractivity contribution in [1.29, 1.82) is 0 Å². The van der Waals surface area contributed by atoms with Gasteiger partial charge in [0.15, 0.2) is 0 Å². The third-order valence-corrected chi connectivity index (χ3v) is 4.40. The smallest absolute Gasteiger partial charge is 0.114 e. The quantitative estimate of drug-likeness (QED) is 0.787. The molecule has 0 amide bonds. The molecule has 4 heteroatoms. The van der Waals surface area contributed by atoms with Gasteiger partial charge in [-0.3, -0.25) is 0 Å². The van der Waals surface area contributed by atoms with Crippen LogP contribution in [0.15, 0.2) is 44.7 Å². The van der Waals surface area contributed by atoms with E-state index in [9.17, 15) is 0 Å². The van der Waals surface area contributed by atoms with Gasteiger partial charge in [0, 0.05) is 25.1 Å². The van der Waals surface area contributed by atoms with Gasteiger partial charge in [0.25, 0.3) is 0 Å². The predicted octanol–water partition coefficient (Wildman–Crippen LogP) is 3.78. The zero-order valence-electron chi connectivity index (χ0n) is 12.2. The van der Waals surface area contributed by atoms with Crippen molar-refractivity contribution >= 4 is 11.8 Å². The molecular weight excluding hydrogens is 270 g/mol. The summed E-state index contributed by atoms with van der Waals surface area (Å²) in [7, 11) is 1.72.